The Morgan fingerprint density at radius 3 is 3.08 bits per heavy atom. The first-order chi connectivity index (χ1) is 6.16. The monoisotopic (exact) mass is 180 g/mol. The van der Waals surface area contributed by atoms with Crippen molar-refractivity contribution in [1.82, 2.24) is 0 Å². The summed E-state index contributed by atoms with van der Waals surface area (Å²) in [7, 11) is 0. The van der Waals surface area contributed by atoms with Crippen LogP contribution in [-0.4, -0.2) is 5.91 Å². The molecule has 0 spiro atoms. The predicted molar refractivity (Wildman–Crippen MR) is 46.6 cm³/mol. The largest absolute Gasteiger partial charge is 0.326 e. The molecule has 0 fully saturated rings. The molecule has 0 saturated carbocycles. The topological polar surface area (TPSA) is 55.1 Å². The van der Waals surface area contributed by atoms with Crippen LogP contribution in [0.4, 0.5) is 10.1 Å². The second-order valence-corrected chi connectivity index (χ2v) is 3.09. The van der Waals surface area contributed by atoms with Crippen molar-refractivity contribution in [2.24, 2.45) is 5.73 Å². The summed E-state index contributed by atoms with van der Waals surface area (Å²) in [5, 5.41) is 2.63. The normalized spacial score (nSPS) is 20.8. The Bertz CT molecular complexity index is 365. The van der Waals surface area contributed by atoms with Crippen molar-refractivity contribution in [2.75, 3.05) is 5.32 Å². The van der Waals surface area contributed by atoms with E-state index < -0.39 is 0 Å². The van der Waals surface area contributed by atoms with Crippen LogP contribution in [0.3, 0.4) is 0 Å². The van der Waals surface area contributed by atoms with Crippen LogP contribution in [-0.2, 0) is 4.79 Å². The lowest BCUT2D eigenvalue weighted by Gasteiger charge is -2.22. The van der Waals surface area contributed by atoms with E-state index in [1.165, 1.54) is 18.2 Å². The zero-order chi connectivity index (χ0) is 9.42. The van der Waals surface area contributed by atoms with Crippen LogP contribution in [0.15, 0.2) is 18.2 Å². The lowest BCUT2D eigenvalue weighted by molar-refractivity contribution is -0.116. The van der Waals surface area contributed by atoms with Crippen molar-refractivity contribution in [2.45, 2.75) is 12.5 Å². The van der Waals surface area contributed by atoms with Gasteiger partial charge in [0.05, 0.1) is 0 Å². The van der Waals surface area contributed by atoms with Gasteiger partial charge in [0.2, 0.25) is 5.91 Å². The first-order valence-corrected chi connectivity index (χ1v) is 4.01. The number of anilines is 1. The molecule has 1 aromatic carbocycles. The maximum Gasteiger partial charge on any atom is 0.226 e. The molecule has 0 bridgehead atoms. The molecule has 1 aliphatic rings. The molecular formula is C9H9FN2O. The second-order valence-electron chi connectivity index (χ2n) is 3.09. The predicted octanol–water partition coefficient (Wildman–Crippen LogP) is 1.17. The molecule has 13 heavy (non-hydrogen) atoms. The number of nitrogens with one attached hydrogen (secondary N) is 1. The minimum absolute atomic E-state index is 0.119. The molecule has 1 aromatic rings. The molecule has 2 rings (SSSR count). The molecule has 1 amide bonds. The van der Waals surface area contributed by atoms with Gasteiger partial charge >= 0.3 is 0 Å². The average Bonchev–Trinajstić information content (AvgIpc) is 2.06. The summed E-state index contributed by atoms with van der Waals surface area (Å²) >= 11 is 0. The Kier molecular flexibility index (Phi) is 1.77. The number of hydrogen-bond acceptors (Lipinski definition) is 2. The SMILES string of the molecule is NC1CC(=O)Nc2ccc(F)cc21. The zero-order valence-electron chi connectivity index (χ0n) is 6.88. The molecule has 0 aromatic heterocycles. The molecule has 3 nitrogen and oxygen atoms in total. The number of nitrogens with two attached hydrogens (primary N) is 1. The highest BCUT2D eigenvalue weighted by atomic mass is 19.1. The lowest BCUT2D eigenvalue weighted by atomic mass is 9.98. The Hall–Kier alpha value is -1.42. The molecule has 68 valence electrons. The maximum absolute atomic E-state index is 12.8. The van der Waals surface area contributed by atoms with Crippen molar-refractivity contribution in [3.05, 3.63) is 29.6 Å². The van der Waals surface area contributed by atoms with Crippen LogP contribution in [0, 0.1) is 5.82 Å². The molecule has 1 aliphatic heterocycles. The maximum atomic E-state index is 12.8. The van der Waals surface area contributed by atoms with Gasteiger partial charge in [0.25, 0.3) is 0 Å². The van der Waals surface area contributed by atoms with E-state index in [4.69, 9.17) is 5.73 Å². The van der Waals surface area contributed by atoms with Crippen LogP contribution in [0.1, 0.15) is 18.0 Å². The van der Waals surface area contributed by atoms with Crippen molar-refractivity contribution in [3.63, 3.8) is 0 Å². The van der Waals surface area contributed by atoms with Gasteiger partial charge in [-0.3, -0.25) is 4.79 Å². The molecule has 4 heteroatoms. The van der Waals surface area contributed by atoms with Crippen LogP contribution >= 0.6 is 0 Å². The third-order valence-corrected chi connectivity index (χ3v) is 2.09. The van der Waals surface area contributed by atoms with Gasteiger partial charge in [0.15, 0.2) is 0 Å². The summed E-state index contributed by atoms with van der Waals surface area (Å²) in [6, 6.07) is 3.80. The molecule has 1 heterocycles. The van der Waals surface area contributed by atoms with Gasteiger partial charge in [-0.2, -0.15) is 0 Å². The van der Waals surface area contributed by atoms with Gasteiger partial charge in [-0.05, 0) is 23.8 Å². The zero-order valence-corrected chi connectivity index (χ0v) is 6.88. The Morgan fingerprint density at radius 2 is 2.31 bits per heavy atom. The number of benzene rings is 1. The Morgan fingerprint density at radius 1 is 1.54 bits per heavy atom. The van der Waals surface area contributed by atoms with Crippen molar-refractivity contribution < 1.29 is 9.18 Å². The third kappa shape index (κ3) is 1.40. The fourth-order valence-corrected chi connectivity index (χ4v) is 1.47. The summed E-state index contributed by atoms with van der Waals surface area (Å²) in [5.41, 5.74) is 6.96. The highest BCUT2D eigenvalue weighted by Crippen LogP contribution is 2.28. The highest BCUT2D eigenvalue weighted by Gasteiger charge is 2.21. The standard InChI is InChI=1S/C9H9FN2O/c10-5-1-2-8-6(3-5)7(11)4-9(13)12-8/h1-3,7H,4,11H2,(H,12,13). The van der Waals surface area contributed by atoms with E-state index in [0.29, 0.717) is 11.3 Å². The smallest absolute Gasteiger partial charge is 0.226 e. The van der Waals surface area contributed by atoms with E-state index in [9.17, 15) is 9.18 Å². The molecule has 0 aliphatic carbocycles. The van der Waals surface area contributed by atoms with Gasteiger partial charge in [0.1, 0.15) is 5.82 Å². The van der Waals surface area contributed by atoms with E-state index in [-0.39, 0.29) is 24.2 Å². The molecule has 0 saturated heterocycles. The number of carbonyl (C=O) groups excluding carboxylic acids is 1. The number of carbonyl (C=O) groups is 1. The summed E-state index contributed by atoms with van der Waals surface area (Å²) in [6.45, 7) is 0. The quantitative estimate of drug-likeness (QED) is 0.629. The molecule has 3 N–H and O–H groups in total. The van der Waals surface area contributed by atoms with Crippen LogP contribution in [0.2, 0.25) is 0 Å². The Balaban J connectivity index is 2.49. The van der Waals surface area contributed by atoms with E-state index in [2.05, 4.69) is 5.32 Å². The molecular weight excluding hydrogens is 171 g/mol. The average molecular weight is 180 g/mol. The number of fused-ring (bicyclic) bond motifs is 1. The van der Waals surface area contributed by atoms with Crippen molar-refractivity contribution >= 4 is 11.6 Å². The summed E-state index contributed by atoms with van der Waals surface area (Å²) in [6.07, 6.45) is 0.219. The second kappa shape index (κ2) is 2.81. The van der Waals surface area contributed by atoms with Crippen LogP contribution in [0.5, 0.6) is 0 Å². The van der Waals surface area contributed by atoms with Crippen LogP contribution < -0.4 is 11.1 Å². The van der Waals surface area contributed by atoms with Gasteiger partial charge in [-0.1, -0.05) is 0 Å². The molecule has 1 atom stereocenters. The van der Waals surface area contributed by atoms with Crippen molar-refractivity contribution in [1.29, 1.82) is 0 Å². The van der Waals surface area contributed by atoms with E-state index in [0.717, 1.165) is 0 Å². The third-order valence-electron chi connectivity index (χ3n) is 2.09. The highest BCUT2D eigenvalue weighted by molar-refractivity contribution is 5.94. The minimum Gasteiger partial charge on any atom is -0.326 e. The number of amides is 1. The van der Waals surface area contributed by atoms with Crippen molar-refractivity contribution in [3.8, 4) is 0 Å². The van der Waals surface area contributed by atoms with Gasteiger partial charge in [0, 0.05) is 18.2 Å². The summed E-state index contributed by atoms with van der Waals surface area (Å²) in [5.74, 6) is -0.447. The number of rotatable bonds is 0. The van der Waals surface area contributed by atoms with E-state index in [1.807, 2.05) is 0 Å². The van der Waals surface area contributed by atoms with Gasteiger partial charge in [-0.15, -0.1) is 0 Å². The molecule has 1 unspecified atom stereocenters. The number of halogens is 1. The molecule has 0 radical (unpaired) electrons. The fraction of sp³-hybridized carbons (Fsp3) is 0.222. The van der Waals surface area contributed by atoms with Gasteiger partial charge < -0.3 is 11.1 Å². The number of hydrogen-bond donors (Lipinski definition) is 2. The van der Waals surface area contributed by atoms with E-state index in [1.54, 1.807) is 0 Å². The lowest BCUT2D eigenvalue weighted by Crippen LogP contribution is -2.27. The summed E-state index contributed by atoms with van der Waals surface area (Å²) in [4.78, 5) is 11.0. The van der Waals surface area contributed by atoms with E-state index >= 15 is 0 Å². The summed E-state index contributed by atoms with van der Waals surface area (Å²) < 4.78 is 12.8. The van der Waals surface area contributed by atoms with Gasteiger partial charge in [-0.25, -0.2) is 4.39 Å². The first-order valence-electron chi connectivity index (χ1n) is 4.01. The first kappa shape index (κ1) is 8.19. The Labute approximate surface area is 74.7 Å². The fourth-order valence-electron chi connectivity index (χ4n) is 1.47. The minimum atomic E-state index is -0.389. The van der Waals surface area contributed by atoms with Crippen LogP contribution in [0.25, 0.3) is 0 Å².